The van der Waals surface area contributed by atoms with E-state index in [2.05, 4.69) is 0 Å². The van der Waals surface area contributed by atoms with Gasteiger partial charge in [-0.15, -0.1) is 0 Å². The van der Waals surface area contributed by atoms with E-state index in [1.54, 1.807) is 12.1 Å². The third-order valence-corrected chi connectivity index (χ3v) is 1.85. The van der Waals surface area contributed by atoms with Gasteiger partial charge in [-0.3, -0.25) is 10.1 Å². The van der Waals surface area contributed by atoms with Crippen LogP contribution < -0.4 is 0 Å². The quantitative estimate of drug-likeness (QED) is 0.600. The summed E-state index contributed by atoms with van der Waals surface area (Å²) in [6.07, 6.45) is 0.218. The smallest absolute Gasteiger partial charge is 0.208 e. The number of hydrogen-bond acceptors (Lipinski definition) is 3. The van der Waals surface area contributed by atoms with Crippen LogP contribution in [0.4, 0.5) is 0 Å². The summed E-state index contributed by atoms with van der Waals surface area (Å²) in [5.41, 5.74) is 0.543. The molecule has 0 bridgehead atoms. The van der Waals surface area contributed by atoms with E-state index in [1.807, 2.05) is 0 Å². The Morgan fingerprint density at radius 3 is 2.77 bits per heavy atom. The molecule has 1 rings (SSSR count). The van der Waals surface area contributed by atoms with Crippen LogP contribution in [0.3, 0.4) is 0 Å². The lowest BCUT2D eigenvalue weighted by molar-refractivity contribution is -0.479. The van der Waals surface area contributed by atoms with Gasteiger partial charge in [0.15, 0.2) is 0 Å². The summed E-state index contributed by atoms with van der Waals surface area (Å²) in [7, 11) is 0. The SMILES string of the molecule is O=[N+]([O-])CCc1ccc(Cl)cc1O. The van der Waals surface area contributed by atoms with Crippen molar-refractivity contribution in [2.45, 2.75) is 6.42 Å². The van der Waals surface area contributed by atoms with Gasteiger partial charge in [0.1, 0.15) is 5.75 Å². The van der Waals surface area contributed by atoms with Crippen LogP contribution in [0.1, 0.15) is 5.56 Å². The molecule has 0 aliphatic carbocycles. The molecule has 1 N–H and O–H groups in total. The van der Waals surface area contributed by atoms with Gasteiger partial charge in [0.25, 0.3) is 0 Å². The van der Waals surface area contributed by atoms with Crippen LogP contribution in [-0.4, -0.2) is 16.6 Å². The molecule has 0 saturated heterocycles. The minimum absolute atomic E-state index is 0.00866. The van der Waals surface area contributed by atoms with Crippen LogP contribution in [0, 0.1) is 10.1 Å². The van der Waals surface area contributed by atoms with Gasteiger partial charge in [0, 0.05) is 21.9 Å². The molecule has 0 fully saturated rings. The first-order valence-electron chi connectivity index (χ1n) is 3.69. The maximum Gasteiger partial charge on any atom is 0.208 e. The molecule has 4 nitrogen and oxygen atoms in total. The first-order valence-corrected chi connectivity index (χ1v) is 4.06. The minimum Gasteiger partial charge on any atom is -0.508 e. The molecule has 0 aromatic heterocycles. The molecule has 5 heteroatoms. The summed E-state index contributed by atoms with van der Waals surface area (Å²) in [6.45, 7) is -0.185. The number of halogens is 1. The lowest BCUT2D eigenvalue weighted by Crippen LogP contribution is -2.03. The third kappa shape index (κ3) is 2.91. The van der Waals surface area contributed by atoms with E-state index in [0.29, 0.717) is 10.6 Å². The van der Waals surface area contributed by atoms with E-state index < -0.39 is 4.92 Å². The molecule has 13 heavy (non-hydrogen) atoms. The highest BCUT2D eigenvalue weighted by Crippen LogP contribution is 2.21. The Bertz CT molecular complexity index is 327. The van der Waals surface area contributed by atoms with Gasteiger partial charge in [0.2, 0.25) is 6.54 Å². The molecule has 0 aliphatic heterocycles. The van der Waals surface area contributed by atoms with Crippen LogP contribution in [0.2, 0.25) is 5.02 Å². The maximum atomic E-state index is 10.0. The molecule has 0 radical (unpaired) electrons. The molecule has 0 unspecified atom stereocenters. The van der Waals surface area contributed by atoms with Gasteiger partial charge in [0.05, 0.1) is 0 Å². The number of aromatic hydroxyl groups is 1. The topological polar surface area (TPSA) is 63.4 Å². The van der Waals surface area contributed by atoms with Crippen molar-refractivity contribution in [3.05, 3.63) is 38.9 Å². The summed E-state index contributed by atoms with van der Waals surface area (Å²) in [4.78, 5) is 9.63. The van der Waals surface area contributed by atoms with Crippen molar-refractivity contribution in [1.82, 2.24) is 0 Å². The molecule has 1 aromatic carbocycles. The zero-order valence-electron chi connectivity index (χ0n) is 6.74. The summed E-state index contributed by atoms with van der Waals surface area (Å²) in [5, 5.41) is 19.8. The van der Waals surface area contributed by atoms with E-state index in [4.69, 9.17) is 11.6 Å². The Balaban J connectivity index is 2.72. The predicted molar refractivity (Wildman–Crippen MR) is 48.7 cm³/mol. The van der Waals surface area contributed by atoms with E-state index >= 15 is 0 Å². The number of phenols is 1. The number of rotatable bonds is 3. The molecule has 0 atom stereocenters. The van der Waals surface area contributed by atoms with Crippen LogP contribution in [0.5, 0.6) is 5.75 Å². The molecule has 0 aliphatic rings. The largest absolute Gasteiger partial charge is 0.508 e. The monoisotopic (exact) mass is 201 g/mol. The van der Waals surface area contributed by atoms with Gasteiger partial charge in [-0.1, -0.05) is 17.7 Å². The maximum absolute atomic E-state index is 10.0. The summed E-state index contributed by atoms with van der Waals surface area (Å²) in [5.74, 6) is 0.00866. The number of hydrogen-bond donors (Lipinski definition) is 1. The molecule has 0 spiro atoms. The predicted octanol–water partition coefficient (Wildman–Crippen LogP) is 1.86. The van der Waals surface area contributed by atoms with Crippen molar-refractivity contribution >= 4 is 11.6 Å². The lowest BCUT2D eigenvalue weighted by Gasteiger charge is -2.01. The fourth-order valence-electron chi connectivity index (χ4n) is 0.960. The number of phenolic OH excluding ortho intramolecular Hbond substituents is 1. The number of nitro groups is 1. The molecular formula is C8H8ClNO3. The third-order valence-electron chi connectivity index (χ3n) is 1.61. The number of benzene rings is 1. The van der Waals surface area contributed by atoms with Crippen molar-refractivity contribution in [2.75, 3.05) is 6.54 Å². The average molecular weight is 202 g/mol. The van der Waals surface area contributed by atoms with Gasteiger partial charge in [-0.2, -0.15) is 0 Å². The fourth-order valence-corrected chi connectivity index (χ4v) is 1.13. The minimum atomic E-state index is -0.423. The van der Waals surface area contributed by atoms with Crippen molar-refractivity contribution in [3.8, 4) is 5.75 Å². The second kappa shape index (κ2) is 4.09. The van der Waals surface area contributed by atoms with Crippen molar-refractivity contribution < 1.29 is 10.0 Å². The molecule has 0 saturated carbocycles. The first-order chi connectivity index (χ1) is 6.09. The van der Waals surface area contributed by atoms with Gasteiger partial charge in [-0.05, 0) is 12.1 Å². The molecule has 0 heterocycles. The zero-order chi connectivity index (χ0) is 9.84. The van der Waals surface area contributed by atoms with E-state index in [1.165, 1.54) is 6.07 Å². The normalized spacial score (nSPS) is 9.92. The highest BCUT2D eigenvalue weighted by molar-refractivity contribution is 6.30. The van der Waals surface area contributed by atoms with Gasteiger partial charge < -0.3 is 5.11 Å². The van der Waals surface area contributed by atoms with Gasteiger partial charge in [-0.25, -0.2) is 0 Å². The van der Waals surface area contributed by atoms with Crippen LogP contribution >= 0.6 is 11.6 Å². The Kier molecular flexibility index (Phi) is 3.08. The fraction of sp³-hybridized carbons (Fsp3) is 0.250. The molecule has 1 aromatic rings. The summed E-state index contributed by atoms with van der Waals surface area (Å²) < 4.78 is 0. The van der Waals surface area contributed by atoms with Crippen molar-refractivity contribution in [1.29, 1.82) is 0 Å². The van der Waals surface area contributed by atoms with E-state index in [-0.39, 0.29) is 18.7 Å². The van der Waals surface area contributed by atoms with Crippen LogP contribution in [-0.2, 0) is 6.42 Å². The first kappa shape index (κ1) is 9.80. The second-order valence-electron chi connectivity index (χ2n) is 2.58. The Hall–Kier alpha value is -1.29. The average Bonchev–Trinajstić information content (AvgIpc) is 2.02. The van der Waals surface area contributed by atoms with E-state index in [9.17, 15) is 15.2 Å². The highest BCUT2D eigenvalue weighted by atomic mass is 35.5. The van der Waals surface area contributed by atoms with Crippen LogP contribution in [0.25, 0.3) is 0 Å². The summed E-state index contributed by atoms with van der Waals surface area (Å²) >= 11 is 5.59. The Morgan fingerprint density at radius 2 is 2.23 bits per heavy atom. The highest BCUT2D eigenvalue weighted by Gasteiger charge is 2.05. The molecular weight excluding hydrogens is 194 g/mol. The molecule has 70 valence electrons. The second-order valence-corrected chi connectivity index (χ2v) is 3.02. The van der Waals surface area contributed by atoms with Crippen LogP contribution in [0.15, 0.2) is 18.2 Å². The lowest BCUT2D eigenvalue weighted by atomic mass is 10.1. The van der Waals surface area contributed by atoms with Crippen molar-refractivity contribution in [3.63, 3.8) is 0 Å². The Labute approximate surface area is 79.9 Å². The number of nitrogens with zero attached hydrogens (tertiary/aromatic N) is 1. The standard InChI is InChI=1S/C8H8ClNO3/c9-7-2-1-6(8(11)5-7)3-4-10(12)13/h1-2,5,11H,3-4H2. The molecule has 0 amide bonds. The van der Waals surface area contributed by atoms with Gasteiger partial charge >= 0.3 is 0 Å². The van der Waals surface area contributed by atoms with E-state index in [0.717, 1.165) is 0 Å². The Morgan fingerprint density at radius 1 is 1.54 bits per heavy atom. The summed E-state index contributed by atoms with van der Waals surface area (Å²) in [6, 6.07) is 4.55. The zero-order valence-corrected chi connectivity index (χ0v) is 7.49. The van der Waals surface area contributed by atoms with Crippen molar-refractivity contribution in [2.24, 2.45) is 0 Å².